The lowest BCUT2D eigenvalue weighted by atomic mass is 10.2. The zero-order valence-corrected chi connectivity index (χ0v) is 11.2. The molecular weight excluding hydrogens is 298 g/mol. The van der Waals surface area contributed by atoms with E-state index < -0.39 is 4.92 Å². The van der Waals surface area contributed by atoms with Gasteiger partial charge in [-0.15, -0.1) is 0 Å². The van der Waals surface area contributed by atoms with Crippen LogP contribution in [-0.2, 0) is 13.0 Å². The van der Waals surface area contributed by atoms with Crippen LogP contribution in [0.5, 0.6) is 0 Å². The van der Waals surface area contributed by atoms with Crippen molar-refractivity contribution in [1.82, 2.24) is 9.78 Å². The maximum Gasteiger partial charge on any atom is 0.393 e. The summed E-state index contributed by atoms with van der Waals surface area (Å²) in [4.78, 5) is 10.4. The molecule has 0 aliphatic carbocycles. The number of alkyl halides is 1. The van der Waals surface area contributed by atoms with Crippen LogP contribution in [0.25, 0.3) is 0 Å². The van der Waals surface area contributed by atoms with Crippen LogP contribution >= 0.6 is 15.9 Å². The van der Waals surface area contributed by atoms with Crippen molar-refractivity contribution >= 4 is 21.7 Å². The van der Waals surface area contributed by atoms with E-state index in [-0.39, 0.29) is 5.82 Å². The Labute approximate surface area is 113 Å². The Hall–Kier alpha value is -1.69. The molecule has 0 saturated heterocycles. The molecule has 5 nitrogen and oxygen atoms in total. The summed E-state index contributed by atoms with van der Waals surface area (Å²) < 4.78 is 1.62. The Morgan fingerprint density at radius 3 is 2.67 bits per heavy atom. The molecule has 1 heterocycles. The Morgan fingerprint density at radius 2 is 2.06 bits per heavy atom. The van der Waals surface area contributed by atoms with Crippen LogP contribution in [0.2, 0.25) is 0 Å². The highest BCUT2D eigenvalue weighted by molar-refractivity contribution is 9.09. The SMILES string of the molecule is O=[N+]([O-])c1nn(Cc2ccccc2)cc1CCBr. The van der Waals surface area contributed by atoms with Gasteiger partial charge in [-0.05, 0) is 16.9 Å². The molecule has 0 unspecified atom stereocenters. The number of nitro groups is 1. The van der Waals surface area contributed by atoms with E-state index in [0.717, 1.165) is 5.56 Å². The molecule has 0 amide bonds. The molecule has 6 heteroatoms. The Morgan fingerprint density at radius 1 is 1.33 bits per heavy atom. The Balaban J connectivity index is 2.24. The van der Waals surface area contributed by atoms with Gasteiger partial charge in [0.1, 0.15) is 0 Å². The minimum Gasteiger partial charge on any atom is -0.358 e. The van der Waals surface area contributed by atoms with Crippen LogP contribution in [0.4, 0.5) is 5.82 Å². The third kappa shape index (κ3) is 2.95. The van der Waals surface area contributed by atoms with Gasteiger partial charge in [-0.3, -0.25) is 0 Å². The average molecular weight is 310 g/mol. The summed E-state index contributed by atoms with van der Waals surface area (Å²) in [5, 5.41) is 15.6. The summed E-state index contributed by atoms with van der Waals surface area (Å²) in [6.07, 6.45) is 2.34. The van der Waals surface area contributed by atoms with E-state index >= 15 is 0 Å². The molecule has 0 N–H and O–H groups in total. The van der Waals surface area contributed by atoms with Crippen LogP contribution < -0.4 is 0 Å². The van der Waals surface area contributed by atoms with E-state index in [4.69, 9.17) is 0 Å². The molecule has 0 spiro atoms. The first-order valence-corrected chi connectivity index (χ1v) is 6.63. The van der Waals surface area contributed by atoms with Crippen molar-refractivity contribution in [2.24, 2.45) is 0 Å². The van der Waals surface area contributed by atoms with Crippen LogP contribution in [0, 0.1) is 10.1 Å². The summed E-state index contributed by atoms with van der Waals surface area (Å²) in [5.74, 6) is -0.0506. The highest BCUT2D eigenvalue weighted by Crippen LogP contribution is 2.18. The normalized spacial score (nSPS) is 10.5. The minimum absolute atomic E-state index is 0.0506. The van der Waals surface area contributed by atoms with Gasteiger partial charge in [-0.2, -0.15) is 4.68 Å². The van der Waals surface area contributed by atoms with E-state index in [9.17, 15) is 10.1 Å². The summed E-state index contributed by atoms with van der Waals surface area (Å²) in [7, 11) is 0. The van der Waals surface area contributed by atoms with Crippen molar-refractivity contribution in [3.63, 3.8) is 0 Å². The topological polar surface area (TPSA) is 61.0 Å². The lowest BCUT2D eigenvalue weighted by Gasteiger charge is -1.96. The maximum absolute atomic E-state index is 10.9. The molecule has 94 valence electrons. The van der Waals surface area contributed by atoms with Crippen molar-refractivity contribution in [3.8, 4) is 0 Å². The van der Waals surface area contributed by atoms with Crippen molar-refractivity contribution in [2.45, 2.75) is 13.0 Å². The lowest BCUT2D eigenvalue weighted by molar-refractivity contribution is -0.390. The second-order valence-corrected chi connectivity index (χ2v) is 4.65. The second kappa shape index (κ2) is 5.77. The molecule has 0 aliphatic rings. The zero-order valence-electron chi connectivity index (χ0n) is 9.62. The molecule has 18 heavy (non-hydrogen) atoms. The fraction of sp³-hybridized carbons (Fsp3) is 0.250. The van der Waals surface area contributed by atoms with Crippen LogP contribution in [0.1, 0.15) is 11.1 Å². The van der Waals surface area contributed by atoms with E-state index in [2.05, 4.69) is 21.0 Å². The molecule has 0 radical (unpaired) electrons. The smallest absolute Gasteiger partial charge is 0.358 e. The number of nitrogens with zero attached hydrogens (tertiary/aromatic N) is 3. The van der Waals surface area contributed by atoms with Crippen molar-refractivity contribution in [2.75, 3.05) is 5.33 Å². The molecule has 0 bridgehead atoms. The van der Waals surface area contributed by atoms with Crippen LogP contribution in [0.15, 0.2) is 36.5 Å². The summed E-state index contributed by atoms with van der Waals surface area (Å²) in [6, 6.07) is 9.75. The predicted molar refractivity (Wildman–Crippen MR) is 71.9 cm³/mol. The van der Waals surface area contributed by atoms with E-state index in [1.54, 1.807) is 10.9 Å². The zero-order chi connectivity index (χ0) is 13.0. The van der Waals surface area contributed by atoms with Gasteiger partial charge >= 0.3 is 5.82 Å². The molecule has 2 rings (SSSR count). The Bertz CT molecular complexity index is 540. The molecule has 0 atom stereocenters. The van der Waals surface area contributed by atoms with Gasteiger partial charge in [0.15, 0.2) is 0 Å². The number of hydrogen-bond donors (Lipinski definition) is 0. The number of benzene rings is 1. The minimum atomic E-state index is -0.431. The van der Waals surface area contributed by atoms with Gasteiger partial charge < -0.3 is 10.1 Å². The van der Waals surface area contributed by atoms with E-state index in [0.29, 0.717) is 23.9 Å². The fourth-order valence-corrected chi connectivity index (χ4v) is 2.16. The monoisotopic (exact) mass is 309 g/mol. The third-order valence-corrected chi connectivity index (χ3v) is 2.94. The van der Waals surface area contributed by atoms with Gasteiger partial charge in [0.05, 0.1) is 23.4 Å². The first-order chi connectivity index (χ1) is 8.70. The molecule has 1 aromatic heterocycles. The fourth-order valence-electron chi connectivity index (χ4n) is 1.74. The van der Waals surface area contributed by atoms with Gasteiger partial charge in [-0.25, -0.2) is 0 Å². The van der Waals surface area contributed by atoms with Crippen LogP contribution in [-0.4, -0.2) is 20.0 Å². The number of halogens is 1. The quantitative estimate of drug-likeness (QED) is 0.485. The Kier molecular flexibility index (Phi) is 4.09. The molecule has 2 aromatic rings. The maximum atomic E-state index is 10.9. The van der Waals surface area contributed by atoms with Gasteiger partial charge in [0.2, 0.25) is 0 Å². The predicted octanol–water partition coefficient (Wildman–Crippen LogP) is 2.78. The average Bonchev–Trinajstić information content (AvgIpc) is 2.74. The molecule has 1 aromatic carbocycles. The molecule has 0 saturated carbocycles. The molecule has 0 aliphatic heterocycles. The van der Waals surface area contributed by atoms with Gasteiger partial charge in [-0.1, -0.05) is 46.3 Å². The second-order valence-electron chi connectivity index (χ2n) is 3.86. The summed E-state index contributed by atoms with van der Waals surface area (Å²) in [6.45, 7) is 0.546. The molecular formula is C12H12BrN3O2. The lowest BCUT2D eigenvalue weighted by Crippen LogP contribution is -2.00. The van der Waals surface area contributed by atoms with Crippen molar-refractivity contribution in [3.05, 3.63) is 57.8 Å². The first kappa shape index (κ1) is 12.8. The van der Waals surface area contributed by atoms with Crippen LogP contribution in [0.3, 0.4) is 0 Å². The standard InChI is InChI=1S/C12H12BrN3O2/c13-7-6-11-9-15(14-12(11)16(17)18)8-10-4-2-1-3-5-10/h1-5,9H,6-8H2. The van der Waals surface area contributed by atoms with E-state index in [1.807, 2.05) is 30.3 Å². The third-order valence-electron chi connectivity index (χ3n) is 2.54. The largest absolute Gasteiger partial charge is 0.393 e. The van der Waals surface area contributed by atoms with Gasteiger partial charge in [0.25, 0.3) is 0 Å². The van der Waals surface area contributed by atoms with Crippen molar-refractivity contribution in [1.29, 1.82) is 0 Å². The summed E-state index contributed by atoms with van der Waals surface area (Å²) >= 11 is 3.29. The number of aromatic nitrogens is 2. The highest BCUT2D eigenvalue weighted by atomic mass is 79.9. The molecule has 0 fully saturated rings. The number of hydrogen-bond acceptors (Lipinski definition) is 3. The number of aryl methyl sites for hydroxylation is 1. The first-order valence-electron chi connectivity index (χ1n) is 5.51. The summed E-state index contributed by atoms with van der Waals surface area (Å²) in [5.41, 5.74) is 1.73. The van der Waals surface area contributed by atoms with Gasteiger partial charge in [0, 0.05) is 5.33 Å². The number of rotatable bonds is 5. The van der Waals surface area contributed by atoms with Crippen molar-refractivity contribution < 1.29 is 4.92 Å². The highest BCUT2D eigenvalue weighted by Gasteiger charge is 2.19. The van der Waals surface area contributed by atoms with E-state index in [1.165, 1.54) is 0 Å².